The van der Waals surface area contributed by atoms with Crippen LogP contribution in [0.1, 0.15) is 39.0 Å². The van der Waals surface area contributed by atoms with Gasteiger partial charge in [0.05, 0.1) is 0 Å². The summed E-state index contributed by atoms with van der Waals surface area (Å²) in [5.74, 6) is -0.790. The molecule has 0 spiro atoms. The normalized spacial score (nSPS) is 23.1. The number of nitrogens with two attached hydrogens (primary N) is 1. The fraction of sp³-hybridized carbons (Fsp3) is 0.929. The smallest absolute Gasteiger partial charge is 0.382 e. The first-order valence-corrected chi connectivity index (χ1v) is 7.52. The Hall–Kier alpha value is -0.820. The molecule has 124 valence electrons. The maximum atomic E-state index is 12.6. The van der Waals surface area contributed by atoms with Gasteiger partial charge in [0, 0.05) is 31.7 Å². The molecule has 0 aromatic carbocycles. The molecule has 0 heterocycles. The molecule has 1 saturated carbocycles. The number of halogens is 3. The minimum Gasteiger partial charge on any atom is -0.382 e. The highest BCUT2D eigenvalue weighted by atomic mass is 19.4. The third-order valence-electron chi connectivity index (χ3n) is 3.67. The molecule has 7 heteroatoms. The lowest BCUT2D eigenvalue weighted by atomic mass is 9.85. The molecule has 4 nitrogen and oxygen atoms in total. The Morgan fingerprint density at radius 3 is 2.67 bits per heavy atom. The van der Waals surface area contributed by atoms with Crippen LogP contribution in [0.5, 0.6) is 0 Å². The van der Waals surface area contributed by atoms with Crippen LogP contribution < -0.4 is 5.73 Å². The number of rotatable bonds is 7. The topological polar surface area (TPSA) is 55.6 Å². The molecule has 0 aromatic heterocycles. The number of carbonyl (C=O) groups excluding carboxylic acids is 1. The van der Waals surface area contributed by atoms with Crippen molar-refractivity contribution in [1.82, 2.24) is 4.90 Å². The third-order valence-corrected chi connectivity index (χ3v) is 3.67. The molecule has 2 atom stereocenters. The van der Waals surface area contributed by atoms with Crippen LogP contribution in [0.25, 0.3) is 0 Å². The number of hydrogen-bond acceptors (Lipinski definition) is 3. The summed E-state index contributed by atoms with van der Waals surface area (Å²) in [5.41, 5.74) is 5.82. The number of carbonyl (C=O) groups is 1. The van der Waals surface area contributed by atoms with Gasteiger partial charge in [-0.05, 0) is 32.6 Å². The van der Waals surface area contributed by atoms with Crippen LogP contribution in [0.3, 0.4) is 0 Å². The molecule has 0 saturated heterocycles. The highest BCUT2D eigenvalue weighted by Gasteiger charge is 2.36. The minimum atomic E-state index is -4.38. The summed E-state index contributed by atoms with van der Waals surface area (Å²) in [5, 5.41) is 0. The van der Waals surface area contributed by atoms with Crippen molar-refractivity contribution in [1.29, 1.82) is 0 Å². The Bertz CT molecular complexity index is 324. The van der Waals surface area contributed by atoms with Crippen LogP contribution in [0.15, 0.2) is 0 Å². The number of nitrogens with zero attached hydrogens (tertiary/aromatic N) is 1. The lowest BCUT2D eigenvalue weighted by molar-refractivity contribution is -0.164. The fourth-order valence-corrected chi connectivity index (χ4v) is 2.70. The van der Waals surface area contributed by atoms with E-state index in [2.05, 4.69) is 0 Å². The first-order chi connectivity index (χ1) is 9.83. The van der Waals surface area contributed by atoms with E-state index in [1.54, 1.807) is 0 Å². The third kappa shape index (κ3) is 7.13. The van der Waals surface area contributed by atoms with E-state index in [1.807, 2.05) is 6.92 Å². The first-order valence-electron chi connectivity index (χ1n) is 7.52. The Morgan fingerprint density at radius 1 is 1.38 bits per heavy atom. The van der Waals surface area contributed by atoms with Crippen molar-refractivity contribution in [3.05, 3.63) is 0 Å². The Kier molecular flexibility index (Phi) is 7.45. The summed E-state index contributed by atoms with van der Waals surface area (Å²) in [6.45, 7) is 1.59. The Balaban J connectivity index is 2.58. The molecule has 21 heavy (non-hydrogen) atoms. The fourth-order valence-electron chi connectivity index (χ4n) is 2.70. The monoisotopic (exact) mass is 310 g/mol. The number of amides is 1. The average molecular weight is 310 g/mol. The summed E-state index contributed by atoms with van der Waals surface area (Å²) < 4.78 is 43.0. The van der Waals surface area contributed by atoms with E-state index in [0.717, 1.165) is 17.7 Å². The zero-order valence-electron chi connectivity index (χ0n) is 12.5. The summed E-state index contributed by atoms with van der Waals surface area (Å²) in [6.07, 6.45) is -1.21. The molecule has 0 aliphatic heterocycles. The van der Waals surface area contributed by atoms with E-state index >= 15 is 0 Å². The Morgan fingerprint density at radius 2 is 2.10 bits per heavy atom. The van der Waals surface area contributed by atoms with Crippen molar-refractivity contribution in [2.24, 2.45) is 11.7 Å². The van der Waals surface area contributed by atoms with Crippen LogP contribution in [0.2, 0.25) is 0 Å². The second-order valence-electron chi connectivity index (χ2n) is 5.55. The molecule has 0 bridgehead atoms. The quantitative estimate of drug-likeness (QED) is 0.734. The maximum Gasteiger partial charge on any atom is 0.406 e. The zero-order chi connectivity index (χ0) is 15.9. The van der Waals surface area contributed by atoms with Gasteiger partial charge in [-0.3, -0.25) is 4.79 Å². The molecule has 1 aliphatic rings. The van der Waals surface area contributed by atoms with Gasteiger partial charge in [-0.25, -0.2) is 0 Å². The van der Waals surface area contributed by atoms with Gasteiger partial charge >= 0.3 is 6.18 Å². The van der Waals surface area contributed by atoms with E-state index in [-0.39, 0.29) is 18.5 Å². The van der Waals surface area contributed by atoms with Gasteiger partial charge in [0.25, 0.3) is 0 Å². The van der Waals surface area contributed by atoms with Crippen LogP contribution in [0, 0.1) is 5.92 Å². The van der Waals surface area contributed by atoms with Gasteiger partial charge in [-0.15, -0.1) is 0 Å². The standard InChI is InChI=1S/C14H25F3N2O2/c1-2-21-8-4-7-19(10-14(15,16)17)13(20)11-5-3-6-12(18)9-11/h11-12H,2-10,18H2,1H3. The van der Waals surface area contributed by atoms with Gasteiger partial charge in [0.2, 0.25) is 5.91 Å². The van der Waals surface area contributed by atoms with Crippen molar-refractivity contribution < 1.29 is 22.7 Å². The summed E-state index contributed by atoms with van der Waals surface area (Å²) in [4.78, 5) is 13.2. The van der Waals surface area contributed by atoms with E-state index < -0.39 is 18.6 Å². The highest BCUT2D eigenvalue weighted by Crippen LogP contribution is 2.26. The number of alkyl halides is 3. The van der Waals surface area contributed by atoms with Crippen molar-refractivity contribution >= 4 is 5.91 Å². The van der Waals surface area contributed by atoms with Crippen molar-refractivity contribution in [3.8, 4) is 0 Å². The van der Waals surface area contributed by atoms with Crippen LogP contribution in [0.4, 0.5) is 13.2 Å². The highest BCUT2D eigenvalue weighted by molar-refractivity contribution is 5.79. The molecule has 2 N–H and O–H groups in total. The molecular formula is C14H25F3N2O2. The van der Waals surface area contributed by atoms with Crippen molar-refractivity contribution in [2.75, 3.05) is 26.3 Å². The van der Waals surface area contributed by atoms with E-state index in [0.29, 0.717) is 32.5 Å². The largest absolute Gasteiger partial charge is 0.406 e. The van der Waals surface area contributed by atoms with Gasteiger partial charge in [0.15, 0.2) is 0 Å². The minimum absolute atomic E-state index is 0.0735. The number of ether oxygens (including phenoxy) is 1. The zero-order valence-corrected chi connectivity index (χ0v) is 12.5. The molecule has 1 rings (SSSR count). The lowest BCUT2D eigenvalue weighted by Gasteiger charge is -2.32. The van der Waals surface area contributed by atoms with Gasteiger partial charge < -0.3 is 15.4 Å². The second-order valence-corrected chi connectivity index (χ2v) is 5.55. The average Bonchev–Trinajstić information content (AvgIpc) is 2.40. The van der Waals surface area contributed by atoms with E-state index in [1.165, 1.54) is 0 Å². The SMILES string of the molecule is CCOCCCN(CC(F)(F)F)C(=O)C1CCCC(N)C1. The van der Waals surface area contributed by atoms with Crippen LogP contribution in [-0.2, 0) is 9.53 Å². The van der Waals surface area contributed by atoms with E-state index in [9.17, 15) is 18.0 Å². The molecule has 2 unspecified atom stereocenters. The van der Waals surface area contributed by atoms with Gasteiger partial charge in [-0.2, -0.15) is 13.2 Å². The molecule has 0 aromatic rings. The van der Waals surface area contributed by atoms with E-state index in [4.69, 9.17) is 10.5 Å². The maximum absolute atomic E-state index is 12.6. The molecule has 1 fully saturated rings. The Labute approximate surface area is 123 Å². The van der Waals surface area contributed by atoms with Crippen molar-refractivity contribution in [3.63, 3.8) is 0 Å². The molecule has 0 radical (unpaired) electrons. The molecular weight excluding hydrogens is 285 g/mol. The molecule has 1 amide bonds. The van der Waals surface area contributed by atoms with Crippen molar-refractivity contribution in [2.45, 2.75) is 51.2 Å². The predicted octanol–water partition coefficient (Wildman–Crippen LogP) is 2.32. The second kappa shape index (κ2) is 8.58. The molecule has 1 aliphatic carbocycles. The number of hydrogen-bond donors (Lipinski definition) is 1. The van der Waals surface area contributed by atoms with Gasteiger partial charge in [-0.1, -0.05) is 6.42 Å². The lowest BCUT2D eigenvalue weighted by Crippen LogP contribution is -2.45. The first kappa shape index (κ1) is 18.2. The summed E-state index contributed by atoms with van der Waals surface area (Å²) >= 11 is 0. The summed E-state index contributed by atoms with van der Waals surface area (Å²) in [7, 11) is 0. The predicted molar refractivity (Wildman–Crippen MR) is 73.7 cm³/mol. The van der Waals surface area contributed by atoms with Gasteiger partial charge in [0.1, 0.15) is 6.54 Å². The summed E-state index contributed by atoms with van der Waals surface area (Å²) in [6, 6.07) is -0.0798. The van der Waals surface area contributed by atoms with Crippen LogP contribution in [-0.4, -0.2) is 49.3 Å². The van der Waals surface area contributed by atoms with Crippen LogP contribution >= 0.6 is 0 Å².